The van der Waals surface area contributed by atoms with Gasteiger partial charge in [-0.25, -0.2) is 4.98 Å². The van der Waals surface area contributed by atoms with Crippen LogP contribution in [0.15, 0.2) is 66.7 Å². The molecule has 0 aliphatic carbocycles. The Hall–Kier alpha value is -3.38. The van der Waals surface area contributed by atoms with Crippen molar-refractivity contribution in [3.8, 4) is 0 Å². The Balaban J connectivity index is 1.62. The highest BCUT2D eigenvalue weighted by Crippen LogP contribution is 2.24. The summed E-state index contributed by atoms with van der Waals surface area (Å²) < 4.78 is 1.82. The minimum atomic E-state index is -0.137. The molecule has 0 radical (unpaired) electrons. The number of anilines is 2. The number of hydrogen-bond acceptors (Lipinski definition) is 4. The molecule has 4 aromatic rings. The van der Waals surface area contributed by atoms with Crippen molar-refractivity contribution in [3.05, 3.63) is 66.7 Å². The summed E-state index contributed by atoms with van der Waals surface area (Å²) in [5.74, 6) is 0.430. The molecule has 3 N–H and O–H groups in total. The highest BCUT2D eigenvalue weighted by Gasteiger charge is 2.14. The van der Waals surface area contributed by atoms with Crippen LogP contribution in [0.4, 0.5) is 11.6 Å². The summed E-state index contributed by atoms with van der Waals surface area (Å²) in [7, 11) is 0. The molecule has 0 saturated heterocycles. The molecule has 0 aliphatic heterocycles. The van der Waals surface area contributed by atoms with Crippen molar-refractivity contribution in [2.24, 2.45) is 0 Å². The number of carbonyl (C=O) groups excluding carboxylic acids is 1. The largest absolute Gasteiger partial charge is 0.395 e. The van der Waals surface area contributed by atoms with Crippen molar-refractivity contribution >= 4 is 39.3 Å². The lowest BCUT2D eigenvalue weighted by Gasteiger charge is -2.12. The molecule has 1 heterocycles. The molecule has 4 rings (SSSR count). The van der Waals surface area contributed by atoms with Gasteiger partial charge >= 0.3 is 0 Å². The third kappa shape index (κ3) is 3.47. The first kappa shape index (κ1) is 17.1. The molecule has 6 heteroatoms. The minimum absolute atomic E-state index is 0.00853. The SMILES string of the molecule is O=C(Cn1c(NCCO)nc2ccccc21)Nc1cccc2ccccc12. The maximum atomic E-state index is 12.8. The van der Waals surface area contributed by atoms with Gasteiger partial charge < -0.3 is 20.3 Å². The number of nitrogens with zero attached hydrogens (tertiary/aromatic N) is 2. The minimum Gasteiger partial charge on any atom is -0.395 e. The van der Waals surface area contributed by atoms with E-state index in [9.17, 15) is 4.79 Å². The van der Waals surface area contributed by atoms with Crippen LogP contribution in [0.25, 0.3) is 21.8 Å². The smallest absolute Gasteiger partial charge is 0.244 e. The number of aromatic nitrogens is 2. The molecule has 0 aliphatic rings. The Kier molecular flexibility index (Phi) is 4.72. The van der Waals surface area contributed by atoms with Crippen LogP contribution in [-0.4, -0.2) is 33.7 Å². The molecular formula is C21H20N4O2. The van der Waals surface area contributed by atoms with E-state index in [1.54, 1.807) is 0 Å². The molecule has 3 aromatic carbocycles. The number of imidazole rings is 1. The van der Waals surface area contributed by atoms with Gasteiger partial charge in [-0.05, 0) is 23.6 Å². The van der Waals surface area contributed by atoms with E-state index in [1.807, 2.05) is 71.3 Å². The van der Waals surface area contributed by atoms with E-state index in [2.05, 4.69) is 15.6 Å². The van der Waals surface area contributed by atoms with Crippen LogP contribution in [0.3, 0.4) is 0 Å². The van der Waals surface area contributed by atoms with Gasteiger partial charge in [0, 0.05) is 17.6 Å². The van der Waals surface area contributed by atoms with Crippen molar-refractivity contribution in [1.29, 1.82) is 0 Å². The Labute approximate surface area is 156 Å². The molecule has 136 valence electrons. The first-order valence-electron chi connectivity index (χ1n) is 8.84. The Bertz CT molecular complexity index is 1100. The predicted molar refractivity (Wildman–Crippen MR) is 108 cm³/mol. The molecule has 1 aromatic heterocycles. The van der Waals surface area contributed by atoms with Gasteiger partial charge in [0.05, 0.1) is 17.6 Å². The van der Waals surface area contributed by atoms with Gasteiger partial charge in [0.25, 0.3) is 0 Å². The second-order valence-corrected chi connectivity index (χ2v) is 6.24. The number of nitrogens with one attached hydrogen (secondary N) is 2. The van der Waals surface area contributed by atoms with Crippen molar-refractivity contribution in [3.63, 3.8) is 0 Å². The van der Waals surface area contributed by atoms with Gasteiger partial charge in [-0.15, -0.1) is 0 Å². The third-order valence-corrected chi connectivity index (χ3v) is 4.41. The first-order valence-corrected chi connectivity index (χ1v) is 8.84. The summed E-state index contributed by atoms with van der Waals surface area (Å²) in [6, 6.07) is 21.4. The van der Waals surface area contributed by atoms with E-state index in [0.29, 0.717) is 12.5 Å². The highest BCUT2D eigenvalue weighted by molar-refractivity contribution is 6.02. The Morgan fingerprint density at radius 1 is 1.00 bits per heavy atom. The quantitative estimate of drug-likeness (QED) is 0.493. The fraction of sp³-hybridized carbons (Fsp3) is 0.143. The maximum Gasteiger partial charge on any atom is 0.244 e. The van der Waals surface area contributed by atoms with Gasteiger partial charge in [-0.2, -0.15) is 0 Å². The zero-order chi connectivity index (χ0) is 18.6. The number of rotatable bonds is 6. The molecule has 6 nitrogen and oxygen atoms in total. The normalized spacial score (nSPS) is 11.0. The average molecular weight is 360 g/mol. The van der Waals surface area contributed by atoms with Crippen LogP contribution in [0, 0.1) is 0 Å². The van der Waals surface area contributed by atoms with E-state index in [1.165, 1.54) is 0 Å². The molecule has 1 amide bonds. The molecule has 0 saturated carbocycles. The first-order chi connectivity index (χ1) is 13.3. The number of carbonyl (C=O) groups is 1. The van der Waals surface area contributed by atoms with Gasteiger partial charge in [-0.1, -0.05) is 48.5 Å². The van der Waals surface area contributed by atoms with Gasteiger partial charge in [0.1, 0.15) is 6.54 Å². The van der Waals surface area contributed by atoms with Crippen molar-refractivity contribution < 1.29 is 9.90 Å². The highest BCUT2D eigenvalue weighted by atomic mass is 16.3. The fourth-order valence-electron chi connectivity index (χ4n) is 3.21. The van der Waals surface area contributed by atoms with Gasteiger partial charge in [0.2, 0.25) is 11.9 Å². The maximum absolute atomic E-state index is 12.8. The summed E-state index contributed by atoms with van der Waals surface area (Å²) in [5, 5.41) is 17.3. The molecule has 0 bridgehead atoms. The zero-order valence-electron chi connectivity index (χ0n) is 14.7. The number of benzene rings is 3. The van der Waals surface area contributed by atoms with E-state index in [0.717, 1.165) is 27.5 Å². The van der Waals surface area contributed by atoms with Crippen LogP contribution in [0.1, 0.15) is 0 Å². The van der Waals surface area contributed by atoms with Crippen molar-refractivity contribution in [2.75, 3.05) is 23.8 Å². The summed E-state index contributed by atoms with van der Waals surface area (Å²) >= 11 is 0. The lowest BCUT2D eigenvalue weighted by atomic mass is 10.1. The molecule has 0 fully saturated rings. The van der Waals surface area contributed by atoms with Gasteiger partial charge in [0.15, 0.2) is 0 Å². The van der Waals surface area contributed by atoms with E-state index in [-0.39, 0.29) is 19.1 Å². The van der Waals surface area contributed by atoms with Crippen LogP contribution < -0.4 is 10.6 Å². The number of para-hydroxylation sites is 2. The zero-order valence-corrected chi connectivity index (χ0v) is 14.7. The fourth-order valence-corrected chi connectivity index (χ4v) is 3.21. The molecule has 0 atom stereocenters. The van der Waals surface area contributed by atoms with Crippen LogP contribution in [0.2, 0.25) is 0 Å². The summed E-state index contributed by atoms with van der Waals surface area (Å²) in [5.41, 5.74) is 2.45. The predicted octanol–water partition coefficient (Wildman–Crippen LogP) is 3.23. The number of fused-ring (bicyclic) bond motifs is 2. The van der Waals surface area contributed by atoms with E-state index >= 15 is 0 Å². The second kappa shape index (κ2) is 7.47. The average Bonchev–Trinajstić information content (AvgIpc) is 3.04. The van der Waals surface area contributed by atoms with Crippen LogP contribution >= 0.6 is 0 Å². The Morgan fingerprint density at radius 2 is 1.78 bits per heavy atom. The number of amides is 1. The van der Waals surface area contributed by atoms with Gasteiger partial charge in [-0.3, -0.25) is 4.79 Å². The standard InChI is InChI=1S/C21H20N4O2/c26-13-12-22-21-24-18-9-3-4-11-19(18)25(21)14-20(27)23-17-10-5-7-15-6-1-2-8-16(15)17/h1-11,26H,12-14H2,(H,22,24)(H,23,27). The molecule has 0 spiro atoms. The van der Waals surface area contributed by atoms with Crippen LogP contribution in [-0.2, 0) is 11.3 Å². The number of hydrogen-bond donors (Lipinski definition) is 3. The number of aliphatic hydroxyl groups excluding tert-OH is 1. The molecule has 27 heavy (non-hydrogen) atoms. The lowest BCUT2D eigenvalue weighted by molar-refractivity contribution is -0.116. The third-order valence-electron chi connectivity index (χ3n) is 4.41. The van der Waals surface area contributed by atoms with E-state index < -0.39 is 0 Å². The lowest BCUT2D eigenvalue weighted by Crippen LogP contribution is -2.21. The van der Waals surface area contributed by atoms with E-state index in [4.69, 9.17) is 5.11 Å². The summed E-state index contributed by atoms with van der Waals surface area (Å²) in [6.45, 7) is 0.483. The number of aliphatic hydroxyl groups is 1. The second-order valence-electron chi connectivity index (χ2n) is 6.24. The topological polar surface area (TPSA) is 79.2 Å². The summed E-state index contributed by atoms with van der Waals surface area (Å²) in [6.07, 6.45) is 0. The molecular weight excluding hydrogens is 340 g/mol. The summed E-state index contributed by atoms with van der Waals surface area (Å²) in [4.78, 5) is 17.3. The van der Waals surface area contributed by atoms with Crippen LogP contribution in [0.5, 0.6) is 0 Å². The Morgan fingerprint density at radius 3 is 2.67 bits per heavy atom. The van der Waals surface area contributed by atoms with Crippen molar-refractivity contribution in [2.45, 2.75) is 6.54 Å². The van der Waals surface area contributed by atoms with Crippen molar-refractivity contribution in [1.82, 2.24) is 9.55 Å². The monoisotopic (exact) mass is 360 g/mol. The molecule has 0 unspecified atom stereocenters.